The molecule has 2 heterocycles. The van der Waals surface area contributed by atoms with Crippen LogP contribution < -0.4 is 5.46 Å². The van der Waals surface area contributed by atoms with Gasteiger partial charge in [-0.3, -0.25) is 0 Å². The Morgan fingerprint density at radius 3 is 1.91 bits per heavy atom. The molecular formula is C17H25BO4. The third kappa shape index (κ3) is 2.71. The van der Waals surface area contributed by atoms with Crippen LogP contribution in [0.5, 0.6) is 0 Å². The molecule has 0 atom stereocenters. The summed E-state index contributed by atoms with van der Waals surface area (Å²) in [6.45, 7) is 9.40. The van der Waals surface area contributed by atoms with E-state index in [1.54, 1.807) is 0 Å². The molecule has 2 aliphatic rings. The number of aliphatic hydroxyl groups is 1. The van der Waals surface area contributed by atoms with Crippen molar-refractivity contribution >= 4 is 12.6 Å². The van der Waals surface area contributed by atoms with E-state index >= 15 is 0 Å². The molecule has 22 heavy (non-hydrogen) atoms. The first-order valence-corrected chi connectivity index (χ1v) is 8.00. The standard InChI is InChI=1S/C17H25BO4/c1-15(2)16(3,4)22-18(21-15)14-7-5-13(6-8-14)17(19)9-11-20-12-10-17/h5-8,19H,9-12H2,1-4H3. The fourth-order valence-electron chi connectivity index (χ4n) is 2.93. The van der Waals surface area contributed by atoms with E-state index in [-0.39, 0.29) is 18.3 Å². The van der Waals surface area contributed by atoms with Crippen molar-refractivity contribution in [3.63, 3.8) is 0 Å². The van der Waals surface area contributed by atoms with E-state index in [0.717, 1.165) is 11.0 Å². The molecule has 1 aromatic carbocycles. The highest BCUT2D eigenvalue weighted by Crippen LogP contribution is 2.37. The molecule has 0 saturated carbocycles. The van der Waals surface area contributed by atoms with Crippen molar-refractivity contribution in [2.24, 2.45) is 0 Å². The molecule has 4 nitrogen and oxygen atoms in total. The van der Waals surface area contributed by atoms with Gasteiger partial charge in [-0.05, 0) is 38.7 Å². The smallest absolute Gasteiger partial charge is 0.399 e. The van der Waals surface area contributed by atoms with Gasteiger partial charge >= 0.3 is 7.12 Å². The van der Waals surface area contributed by atoms with Gasteiger partial charge in [0, 0.05) is 26.1 Å². The van der Waals surface area contributed by atoms with Gasteiger partial charge in [0.25, 0.3) is 0 Å². The Labute approximate surface area is 132 Å². The average Bonchev–Trinajstić information content (AvgIpc) is 2.68. The molecule has 0 bridgehead atoms. The first kappa shape index (κ1) is 16.0. The van der Waals surface area contributed by atoms with E-state index in [2.05, 4.69) is 0 Å². The van der Waals surface area contributed by atoms with Crippen molar-refractivity contribution in [1.82, 2.24) is 0 Å². The highest BCUT2D eigenvalue weighted by atomic mass is 16.7. The molecule has 0 aromatic heterocycles. The SMILES string of the molecule is CC1(C)OB(c2ccc(C3(O)CCOCC3)cc2)OC1(C)C. The second kappa shape index (κ2) is 5.34. The van der Waals surface area contributed by atoms with E-state index < -0.39 is 5.60 Å². The summed E-state index contributed by atoms with van der Waals surface area (Å²) < 4.78 is 17.4. The summed E-state index contributed by atoms with van der Waals surface area (Å²) in [7, 11) is -0.358. The Hall–Kier alpha value is -0.875. The van der Waals surface area contributed by atoms with Crippen LogP contribution in [0, 0.1) is 0 Å². The molecule has 5 heteroatoms. The lowest BCUT2D eigenvalue weighted by Crippen LogP contribution is -2.41. The Morgan fingerprint density at radius 1 is 0.909 bits per heavy atom. The van der Waals surface area contributed by atoms with Gasteiger partial charge in [-0.2, -0.15) is 0 Å². The molecule has 1 N–H and O–H groups in total. The molecule has 120 valence electrons. The Kier molecular flexibility index (Phi) is 3.88. The van der Waals surface area contributed by atoms with Gasteiger partial charge < -0.3 is 19.2 Å². The van der Waals surface area contributed by atoms with Gasteiger partial charge in [0.1, 0.15) is 0 Å². The van der Waals surface area contributed by atoms with E-state index in [0.29, 0.717) is 26.1 Å². The monoisotopic (exact) mass is 304 g/mol. The van der Waals surface area contributed by atoms with Gasteiger partial charge in [0.05, 0.1) is 16.8 Å². The molecule has 2 aliphatic heterocycles. The Bertz CT molecular complexity index is 516. The molecule has 0 amide bonds. The Morgan fingerprint density at radius 2 is 1.41 bits per heavy atom. The summed E-state index contributed by atoms with van der Waals surface area (Å²) in [6, 6.07) is 7.94. The second-order valence-corrected chi connectivity index (χ2v) is 7.35. The number of benzene rings is 1. The van der Waals surface area contributed by atoms with Crippen LogP contribution in [0.4, 0.5) is 0 Å². The normalized spacial score (nSPS) is 26.1. The fraction of sp³-hybridized carbons (Fsp3) is 0.647. The van der Waals surface area contributed by atoms with Crippen molar-refractivity contribution in [1.29, 1.82) is 0 Å². The van der Waals surface area contributed by atoms with Crippen LogP contribution in [-0.4, -0.2) is 36.6 Å². The topological polar surface area (TPSA) is 47.9 Å². The van der Waals surface area contributed by atoms with E-state index in [4.69, 9.17) is 14.0 Å². The van der Waals surface area contributed by atoms with E-state index in [1.165, 1.54) is 0 Å². The molecule has 3 rings (SSSR count). The number of hydrogen-bond acceptors (Lipinski definition) is 4. The summed E-state index contributed by atoms with van der Waals surface area (Å²) >= 11 is 0. The minimum atomic E-state index is -0.771. The molecule has 0 unspecified atom stereocenters. The maximum atomic E-state index is 10.7. The highest BCUT2D eigenvalue weighted by Gasteiger charge is 2.51. The number of rotatable bonds is 2. The van der Waals surface area contributed by atoms with Crippen molar-refractivity contribution in [3.8, 4) is 0 Å². The van der Waals surface area contributed by atoms with E-state index in [1.807, 2.05) is 52.0 Å². The minimum absolute atomic E-state index is 0.338. The molecule has 0 spiro atoms. The zero-order chi connectivity index (χ0) is 16.0. The average molecular weight is 304 g/mol. The number of ether oxygens (including phenoxy) is 1. The van der Waals surface area contributed by atoms with Crippen LogP contribution in [0.3, 0.4) is 0 Å². The predicted octanol–water partition coefficient (Wildman–Crippen LogP) is 1.98. The first-order valence-electron chi connectivity index (χ1n) is 8.00. The molecule has 1 aromatic rings. The van der Waals surface area contributed by atoms with Crippen LogP contribution in [0.15, 0.2) is 24.3 Å². The lowest BCUT2D eigenvalue weighted by Gasteiger charge is -2.32. The Balaban J connectivity index is 1.78. The lowest BCUT2D eigenvalue weighted by molar-refractivity contribution is -0.0679. The largest absolute Gasteiger partial charge is 0.494 e. The van der Waals surface area contributed by atoms with Gasteiger partial charge in [0.2, 0.25) is 0 Å². The van der Waals surface area contributed by atoms with E-state index in [9.17, 15) is 5.11 Å². The summed E-state index contributed by atoms with van der Waals surface area (Å²) in [5, 5.41) is 10.7. The molecule has 0 aliphatic carbocycles. The summed E-state index contributed by atoms with van der Waals surface area (Å²) in [6.07, 6.45) is 1.28. The zero-order valence-electron chi connectivity index (χ0n) is 13.9. The summed E-state index contributed by atoms with van der Waals surface area (Å²) in [5.74, 6) is 0. The van der Waals surface area contributed by atoms with Crippen LogP contribution in [-0.2, 0) is 19.6 Å². The third-order valence-electron chi connectivity index (χ3n) is 5.29. The minimum Gasteiger partial charge on any atom is -0.399 e. The first-order chi connectivity index (χ1) is 10.2. The van der Waals surface area contributed by atoms with Crippen LogP contribution in [0.25, 0.3) is 0 Å². The van der Waals surface area contributed by atoms with Crippen molar-refractivity contribution in [2.45, 2.75) is 57.3 Å². The quantitative estimate of drug-likeness (QED) is 0.849. The van der Waals surface area contributed by atoms with Gasteiger partial charge in [0.15, 0.2) is 0 Å². The summed E-state index contributed by atoms with van der Waals surface area (Å²) in [5.41, 5.74) is 0.478. The predicted molar refractivity (Wildman–Crippen MR) is 86.1 cm³/mol. The van der Waals surface area contributed by atoms with Crippen LogP contribution >= 0.6 is 0 Å². The zero-order valence-corrected chi connectivity index (χ0v) is 13.9. The molecule has 0 radical (unpaired) electrons. The van der Waals surface area contributed by atoms with Crippen molar-refractivity contribution < 1.29 is 19.2 Å². The van der Waals surface area contributed by atoms with Gasteiger partial charge in [-0.15, -0.1) is 0 Å². The van der Waals surface area contributed by atoms with Crippen molar-refractivity contribution in [3.05, 3.63) is 29.8 Å². The summed E-state index contributed by atoms with van der Waals surface area (Å²) in [4.78, 5) is 0. The molecular weight excluding hydrogens is 279 g/mol. The molecule has 2 fully saturated rings. The van der Waals surface area contributed by atoms with Gasteiger partial charge in [-0.25, -0.2) is 0 Å². The third-order valence-corrected chi connectivity index (χ3v) is 5.29. The second-order valence-electron chi connectivity index (χ2n) is 7.35. The van der Waals surface area contributed by atoms with Crippen molar-refractivity contribution in [2.75, 3.05) is 13.2 Å². The highest BCUT2D eigenvalue weighted by molar-refractivity contribution is 6.62. The maximum Gasteiger partial charge on any atom is 0.494 e. The van der Waals surface area contributed by atoms with Crippen LogP contribution in [0.1, 0.15) is 46.1 Å². The van der Waals surface area contributed by atoms with Crippen LogP contribution in [0.2, 0.25) is 0 Å². The maximum absolute atomic E-state index is 10.7. The fourth-order valence-corrected chi connectivity index (χ4v) is 2.93. The lowest BCUT2D eigenvalue weighted by atomic mass is 9.77. The number of hydrogen-bond donors (Lipinski definition) is 1. The molecule has 2 saturated heterocycles. The van der Waals surface area contributed by atoms with Gasteiger partial charge in [-0.1, -0.05) is 24.3 Å².